The monoisotopic (exact) mass is 383 g/mol. The SMILES string of the molecule is O=C(NNS(=O)(=O)c1ccc(Oc2ccccc2)cc1)Nc1ccccc1. The van der Waals surface area contributed by atoms with E-state index in [4.69, 9.17) is 4.74 Å². The van der Waals surface area contributed by atoms with Gasteiger partial charge < -0.3 is 10.1 Å². The molecule has 0 aromatic heterocycles. The molecule has 3 aromatic carbocycles. The molecular formula is C19H17N3O4S. The predicted molar refractivity (Wildman–Crippen MR) is 102 cm³/mol. The molecule has 138 valence electrons. The quantitative estimate of drug-likeness (QED) is 0.568. The van der Waals surface area contributed by atoms with Crippen molar-refractivity contribution in [3.8, 4) is 11.5 Å². The number of hydrogen-bond acceptors (Lipinski definition) is 4. The zero-order chi connectivity index (χ0) is 19.1. The lowest BCUT2D eigenvalue weighted by Gasteiger charge is -2.10. The highest BCUT2D eigenvalue weighted by atomic mass is 32.2. The molecule has 8 heteroatoms. The molecule has 0 heterocycles. The van der Waals surface area contributed by atoms with Crippen LogP contribution in [0.4, 0.5) is 10.5 Å². The topological polar surface area (TPSA) is 96.5 Å². The summed E-state index contributed by atoms with van der Waals surface area (Å²) in [5, 5.41) is 2.51. The molecule has 3 N–H and O–H groups in total. The van der Waals surface area contributed by atoms with Gasteiger partial charge in [-0.25, -0.2) is 13.2 Å². The molecule has 0 fully saturated rings. The molecule has 0 radical (unpaired) electrons. The fourth-order valence-electron chi connectivity index (χ4n) is 2.17. The molecule has 0 aliphatic heterocycles. The summed E-state index contributed by atoms with van der Waals surface area (Å²) in [5.41, 5.74) is 2.64. The highest BCUT2D eigenvalue weighted by Crippen LogP contribution is 2.22. The highest BCUT2D eigenvalue weighted by molar-refractivity contribution is 7.89. The average molecular weight is 383 g/mol. The molecule has 0 unspecified atom stereocenters. The molecule has 0 bridgehead atoms. The maximum atomic E-state index is 12.3. The molecule has 2 amide bonds. The van der Waals surface area contributed by atoms with Crippen LogP contribution in [0.3, 0.4) is 0 Å². The number of ether oxygens (including phenoxy) is 1. The van der Waals surface area contributed by atoms with E-state index in [1.807, 2.05) is 23.0 Å². The predicted octanol–water partition coefficient (Wildman–Crippen LogP) is 3.49. The number of carbonyl (C=O) groups excluding carboxylic acids is 1. The number of anilines is 1. The van der Waals surface area contributed by atoms with E-state index in [2.05, 4.69) is 10.7 Å². The molecule has 0 saturated heterocycles. The van der Waals surface area contributed by atoms with Gasteiger partial charge in [-0.15, -0.1) is 4.83 Å². The second-order valence-electron chi connectivity index (χ2n) is 5.44. The van der Waals surface area contributed by atoms with Gasteiger partial charge in [-0.3, -0.25) is 5.43 Å². The fraction of sp³-hybridized carbons (Fsp3) is 0. The number of urea groups is 1. The van der Waals surface area contributed by atoms with Crippen LogP contribution in [0.25, 0.3) is 0 Å². The molecule has 7 nitrogen and oxygen atoms in total. The van der Waals surface area contributed by atoms with Gasteiger partial charge in [-0.1, -0.05) is 36.4 Å². The highest BCUT2D eigenvalue weighted by Gasteiger charge is 2.15. The van der Waals surface area contributed by atoms with Gasteiger partial charge in [0.05, 0.1) is 4.90 Å². The molecule has 27 heavy (non-hydrogen) atoms. The van der Waals surface area contributed by atoms with Crippen molar-refractivity contribution < 1.29 is 17.9 Å². The molecule has 0 saturated carbocycles. The number of sulfonamides is 1. The van der Waals surface area contributed by atoms with Gasteiger partial charge in [0.1, 0.15) is 11.5 Å². The van der Waals surface area contributed by atoms with Crippen molar-refractivity contribution >= 4 is 21.7 Å². The van der Waals surface area contributed by atoms with Gasteiger partial charge in [0.25, 0.3) is 10.0 Å². The molecule has 0 aliphatic carbocycles. The summed E-state index contributed by atoms with van der Waals surface area (Å²) >= 11 is 0. The normalized spacial score (nSPS) is 10.8. The van der Waals surface area contributed by atoms with Crippen LogP contribution in [0.1, 0.15) is 0 Å². The zero-order valence-electron chi connectivity index (χ0n) is 14.1. The Morgan fingerprint density at radius 2 is 1.30 bits per heavy atom. The van der Waals surface area contributed by atoms with Gasteiger partial charge in [0.2, 0.25) is 0 Å². The second kappa shape index (κ2) is 8.35. The van der Waals surface area contributed by atoms with E-state index in [9.17, 15) is 13.2 Å². The summed E-state index contributed by atoms with van der Waals surface area (Å²) in [7, 11) is -3.91. The number of benzene rings is 3. The van der Waals surface area contributed by atoms with Crippen molar-refractivity contribution in [1.29, 1.82) is 0 Å². The summed E-state index contributed by atoms with van der Waals surface area (Å²) in [4.78, 5) is 13.8. The van der Waals surface area contributed by atoms with Gasteiger partial charge in [0, 0.05) is 5.69 Å². The number of carbonyl (C=O) groups is 1. The summed E-state index contributed by atoms with van der Waals surface area (Å²) in [6.07, 6.45) is 0. The molecule has 3 rings (SSSR count). The van der Waals surface area contributed by atoms with Gasteiger partial charge in [0.15, 0.2) is 0 Å². The lowest BCUT2D eigenvalue weighted by Crippen LogP contribution is -2.43. The minimum atomic E-state index is -3.91. The van der Waals surface area contributed by atoms with Gasteiger partial charge >= 0.3 is 6.03 Å². The standard InChI is InChI=1S/C19H17N3O4S/c23-19(20-15-7-3-1-4-8-15)21-22-27(24,25)18-13-11-17(12-14-18)26-16-9-5-2-6-10-16/h1-14,22H,(H2,20,21,23). The van der Waals surface area contributed by atoms with Crippen molar-refractivity contribution in [1.82, 2.24) is 10.3 Å². The van der Waals surface area contributed by atoms with E-state index in [0.29, 0.717) is 17.2 Å². The maximum Gasteiger partial charge on any atom is 0.334 e. The first-order chi connectivity index (χ1) is 13.0. The summed E-state index contributed by atoms with van der Waals surface area (Å²) in [6.45, 7) is 0. The fourth-order valence-corrected chi connectivity index (χ4v) is 3.01. The van der Waals surface area contributed by atoms with Gasteiger partial charge in [-0.2, -0.15) is 0 Å². The summed E-state index contributed by atoms with van der Waals surface area (Å²) in [5.74, 6) is 1.14. The average Bonchev–Trinajstić information content (AvgIpc) is 2.69. The van der Waals surface area contributed by atoms with Crippen molar-refractivity contribution in [3.63, 3.8) is 0 Å². The third-order valence-electron chi connectivity index (χ3n) is 3.44. The smallest absolute Gasteiger partial charge is 0.334 e. The number of hydrazine groups is 1. The van der Waals surface area contributed by atoms with E-state index in [0.717, 1.165) is 0 Å². The maximum absolute atomic E-state index is 12.3. The number of para-hydroxylation sites is 2. The van der Waals surface area contributed by atoms with E-state index >= 15 is 0 Å². The Kier molecular flexibility index (Phi) is 5.70. The Morgan fingerprint density at radius 1 is 0.741 bits per heavy atom. The van der Waals surface area contributed by atoms with Crippen LogP contribution in [0.5, 0.6) is 11.5 Å². The molecule has 0 spiro atoms. The van der Waals surface area contributed by atoms with Crippen molar-refractivity contribution in [2.45, 2.75) is 4.90 Å². The van der Waals surface area contributed by atoms with E-state index in [1.165, 1.54) is 24.3 Å². The number of rotatable bonds is 6. The van der Waals surface area contributed by atoms with Crippen LogP contribution in [-0.2, 0) is 10.0 Å². The van der Waals surface area contributed by atoms with Crippen LogP contribution >= 0.6 is 0 Å². The Morgan fingerprint density at radius 3 is 1.93 bits per heavy atom. The van der Waals surface area contributed by atoms with Crippen molar-refractivity contribution in [2.24, 2.45) is 0 Å². The Hall–Kier alpha value is -3.36. The van der Waals surface area contributed by atoms with Crippen molar-refractivity contribution in [2.75, 3.05) is 5.32 Å². The third kappa shape index (κ3) is 5.30. The van der Waals surface area contributed by atoms with Crippen LogP contribution in [0.15, 0.2) is 89.8 Å². The first kappa shape index (κ1) is 18.4. The first-order valence-corrected chi connectivity index (χ1v) is 9.48. The van der Waals surface area contributed by atoms with Crippen LogP contribution in [-0.4, -0.2) is 14.4 Å². The minimum absolute atomic E-state index is 0.0112. The van der Waals surface area contributed by atoms with E-state index < -0.39 is 16.1 Å². The largest absolute Gasteiger partial charge is 0.457 e. The lowest BCUT2D eigenvalue weighted by atomic mass is 10.3. The number of hydrogen-bond donors (Lipinski definition) is 3. The van der Waals surface area contributed by atoms with Gasteiger partial charge in [-0.05, 0) is 48.5 Å². The molecule has 0 aliphatic rings. The molecule has 3 aromatic rings. The zero-order valence-corrected chi connectivity index (χ0v) is 14.9. The Bertz CT molecular complexity index is 992. The molecular weight excluding hydrogens is 366 g/mol. The van der Waals surface area contributed by atoms with Crippen LogP contribution in [0, 0.1) is 0 Å². The lowest BCUT2D eigenvalue weighted by molar-refractivity contribution is 0.250. The first-order valence-electron chi connectivity index (χ1n) is 8.00. The number of nitrogens with one attached hydrogen (secondary N) is 3. The van der Waals surface area contributed by atoms with E-state index in [1.54, 1.807) is 42.5 Å². The van der Waals surface area contributed by atoms with Crippen LogP contribution < -0.4 is 20.3 Å². The van der Waals surface area contributed by atoms with Crippen LogP contribution in [0.2, 0.25) is 0 Å². The minimum Gasteiger partial charge on any atom is -0.457 e. The summed E-state index contributed by atoms with van der Waals surface area (Å²) < 4.78 is 30.1. The number of amides is 2. The van der Waals surface area contributed by atoms with Crippen molar-refractivity contribution in [3.05, 3.63) is 84.9 Å². The third-order valence-corrected chi connectivity index (χ3v) is 4.71. The summed E-state index contributed by atoms with van der Waals surface area (Å²) in [6, 6.07) is 22.9. The van der Waals surface area contributed by atoms with E-state index in [-0.39, 0.29) is 4.90 Å². The molecule has 0 atom stereocenters. The second-order valence-corrected chi connectivity index (χ2v) is 7.12. The Balaban J connectivity index is 1.58. The Labute approximate surface area is 157 Å².